The van der Waals surface area contributed by atoms with E-state index in [0.29, 0.717) is 6.42 Å². The van der Waals surface area contributed by atoms with Gasteiger partial charge in [-0.15, -0.1) is 0 Å². The van der Waals surface area contributed by atoms with Crippen molar-refractivity contribution in [3.05, 3.63) is 0 Å². The molecule has 7 nitrogen and oxygen atoms in total. The quantitative estimate of drug-likeness (QED) is 0.728. The summed E-state index contributed by atoms with van der Waals surface area (Å²) in [6.07, 6.45) is 5.00. The Morgan fingerprint density at radius 3 is 2.52 bits per heavy atom. The molecule has 128 valence electrons. The van der Waals surface area contributed by atoms with Gasteiger partial charge in [-0.3, -0.25) is 19.3 Å². The van der Waals surface area contributed by atoms with Crippen molar-refractivity contribution in [1.82, 2.24) is 10.2 Å². The van der Waals surface area contributed by atoms with Gasteiger partial charge in [0.2, 0.25) is 17.7 Å². The van der Waals surface area contributed by atoms with E-state index in [1.54, 1.807) is 0 Å². The molecule has 1 saturated carbocycles. The van der Waals surface area contributed by atoms with E-state index in [4.69, 9.17) is 0 Å². The number of carbonyl (C=O) groups is 3. The average Bonchev–Trinajstić information content (AvgIpc) is 2.92. The van der Waals surface area contributed by atoms with Crippen LogP contribution in [0, 0.1) is 5.41 Å². The second-order valence-corrected chi connectivity index (χ2v) is 9.20. The molecule has 3 fully saturated rings. The number of sulfone groups is 1. The molecule has 0 bridgehead atoms. The van der Waals surface area contributed by atoms with Crippen molar-refractivity contribution in [1.29, 1.82) is 0 Å². The van der Waals surface area contributed by atoms with Crippen LogP contribution in [0.1, 0.15) is 44.9 Å². The van der Waals surface area contributed by atoms with Gasteiger partial charge in [0.1, 0.15) is 6.54 Å². The van der Waals surface area contributed by atoms with Crippen molar-refractivity contribution in [2.75, 3.05) is 18.1 Å². The molecule has 0 aromatic heterocycles. The van der Waals surface area contributed by atoms with E-state index in [9.17, 15) is 22.8 Å². The lowest BCUT2D eigenvalue weighted by Gasteiger charge is -2.30. The van der Waals surface area contributed by atoms with Gasteiger partial charge in [0.15, 0.2) is 9.84 Å². The van der Waals surface area contributed by atoms with E-state index in [2.05, 4.69) is 5.32 Å². The summed E-state index contributed by atoms with van der Waals surface area (Å²) in [7, 11) is -3.07. The van der Waals surface area contributed by atoms with Crippen molar-refractivity contribution in [3.8, 4) is 0 Å². The molecule has 2 aliphatic heterocycles. The highest BCUT2D eigenvalue weighted by Crippen LogP contribution is 2.45. The zero-order chi connectivity index (χ0) is 16.7. The van der Waals surface area contributed by atoms with Gasteiger partial charge in [0, 0.05) is 12.5 Å². The number of hydrogen-bond donors (Lipinski definition) is 1. The molecule has 2 saturated heterocycles. The third-order valence-electron chi connectivity index (χ3n) is 5.20. The monoisotopic (exact) mass is 342 g/mol. The highest BCUT2D eigenvalue weighted by molar-refractivity contribution is 7.91. The Morgan fingerprint density at radius 1 is 1.22 bits per heavy atom. The first-order valence-electron chi connectivity index (χ1n) is 8.16. The molecule has 1 atom stereocenters. The third-order valence-corrected chi connectivity index (χ3v) is 6.97. The van der Waals surface area contributed by atoms with Crippen LogP contribution >= 0.6 is 0 Å². The van der Waals surface area contributed by atoms with Crippen LogP contribution in [0.25, 0.3) is 0 Å². The number of hydrogen-bond acceptors (Lipinski definition) is 5. The molecule has 0 radical (unpaired) electrons. The van der Waals surface area contributed by atoms with Crippen LogP contribution in [0.3, 0.4) is 0 Å². The maximum absolute atomic E-state index is 12.6. The summed E-state index contributed by atoms with van der Waals surface area (Å²) in [5, 5.41) is 2.63. The first kappa shape index (κ1) is 16.4. The van der Waals surface area contributed by atoms with Gasteiger partial charge in [-0.2, -0.15) is 0 Å². The largest absolute Gasteiger partial charge is 0.351 e. The smallest absolute Gasteiger partial charge is 0.240 e. The topological polar surface area (TPSA) is 101 Å². The second-order valence-electron chi connectivity index (χ2n) is 6.97. The molecule has 8 heteroatoms. The zero-order valence-corrected chi connectivity index (χ0v) is 13.9. The third kappa shape index (κ3) is 3.27. The SMILES string of the molecule is O=C(CN1C(=O)CC2(CCCCC2)C1=O)NC1CCS(=O)(=O)C1. The number of imide groups is 1. The molecular formula is C15H22N2O5S. The number of rotatable bonds is 3. The van der Waals surface area contributed by atoms with Crippen molar-refractivity contribution >= 4 is 27.6 Å². The summed E-state index contributed by atoms with van der Waals surface area (Å²) in [5.41, 5.74) is -0.591. The predicted octanol–water partition coefficient (Wildman–Crippen LogP) is -0.000900. The lowest BCUT2D eigenvalue weighted by molar-refractivity contribution is -0.145. The Hall–Kier alpha value is -1.44. The number of carbonyl (C=O) groups excluding carboxylic acids is 3. The van der Waals surface area contributed by atoms with Crippen LogP contribution in [0.15, 0.2) is 0 Å². The van der Waals surface area contributed by atoms with E-state index < -0.39 is 27.2 Å². The summed E-state index contributed by atoms with van der Waals surface area (Å²) in [6, 6.07) is -0.413. The van der Waals surface area contributed by atoms with Crippen LogP contribution in [0.5, 0.6) is 0 Å². The molecule has 1 N–H and O–H groups in total. The van der Waals surface area contributed by atoms with E-state index in [-0.39, 0.29) is 36.3 Å². The zero-order valence-electron chi connectivity index (χ0n) is 13.0. The molecule has 2 heterocycles. The van der Waals surface area contributed by atoms with Gasteiger partial charge in [-0.05, 0) is 19.3 Å². The fraction of sp³-hybridized carbons (Fsp3) is 0.800. The number of nitrogens with zero attached hydrogens (tertiary/aromatic N) is 1. The summed E-state index contributed by atoms with van der Waals surface area (Å²) in [6.45, 7) is -0.296. The van der Waals surface area contributed by atoms with Crippen molar-refractivity contribution < 1.29 is 22.8 Å². The molecular weight excluding hydrogens is 320 g/mol. The Labute approximate surface area is 135 Å². The number of nitrogens with one attached hydrogen (secondary N) is 1. The molecule has 3 aliphatic rings. The lowest BCUT2D eigenvalue weighted by atomic mass is 9.73. The van der Waals surface area contributed by atoms with Crippen molar-refractivity contribution in [2.45, 2.75) is 51.0 Å². The molecule has 1 spiro atoms. The van der Waals surface area contributed by atoms with Crippen LogP contribution in [-0.2, 0) is 24.2 Å². The molecule has 1 unspecified atom stereocenters. The molecule has 23 heavy (non-hydrogen) atoms. The molecule has 3 amide bonds. The van der Waals surface area contributed by atoms with Gasteiger partial charge in [-0.1, -0.05) is 19.3 Å². The second kappa shape index (κ2) is 5.89. The number of likely N-dealkylation sites (tertiary alicyclic amines) is 1. The Balaban J connectivity index is 1.60. The van der Waals surface area contributed by atoms with Gasteiger partial charge in [0.05, 0.1) is 16.9 Å². The van der Waals surface area contributed by atoms with E-state index in [1.807, 2.05) is 0 Å². The van der Waals surface area contributed by atoms with Crippen molar-refractivity contribution in [3.63, 3.8) is 0 Å². The number of amides is 3. The van der Waals surface area contributed by atoms with Gasteiger partial charge < -0.3 is 5.32 Å². The maximum atomic E-state index is 12.6. The lowest BCUT2D eigenvalue weighted by Crippen LogP contribution is -2.45. The maximum Gasteiger partial charge on any atom is 0.240 e. The minimum atomic E-state index is -3.07. The van der Waals surface area contributed by atoms with Crippen LogP contribution in [0.2, 0.25) is 0 Å². The first-order valence-corrected chi connectivity index (χ1v) is 9.98. The minimum absolute atomic E-state index is 0.0649. The predicted molar refractivity (Wildman–Crippen MR) is 82.1 cm³/mol. The van der Waals surface area contributed by atoms with Gasteiger partial charge in [0.25, 0.3) is 0 Å². The summed E-state index contributed by atoms with van der Waals surface area (Å²) >= 11 is 0. The highest BCUT2D eigenvalue weighted by Gasteiger charge is 2.51. The van der Waals surface area contributed by atoms with Gasteiger partial charge >= 0.3 is 0 Å². The first-order chi connectivity index (χ1) is 10.8. The van der Waals surface area contributed by atoms with Gasteiger partial charge in [-0.25, -0.2) is 8.42 Å². The summed E-state index contributed by atoms with van der Waals surface area (Å²) < 4.78 is 22.8. The molecule has 0 aromatic rings. The van der Waals surface area contributed by atoms with Crippen molar-refractivity contribution in [2.24, 2.45) is 5.41 Å². The Morgan fingerprint density at radius 2 is 1.91 bits per heavy atom. The van der Waals surface area contributed by atoms with E-state index in [0.717, 1.165) is 37.0 Å². The Kier molecular flexibility index (Phi) is 4.20. The van der Waals surface area contributed by atoms with Crippen LogP contribution < -0.4 is 5.32 Å². The summed E-state index contributed by atoms with van der Waals surface area (Å²) in [5.74, 6) is -0.961. The minimum Gasteiger partial charge on any atom is -0.351 e. The van der Waals surface area contributed by atoms with E-state index >= 15 is 0 Å². The van der Waals surface area contributed by atoms with E-state index in [1.165, 1.54) is 0 Å². The standard InChI is InChI=1S/C15H22N2O5S/c18-12(16-11-4-7-23(21,22)10-11)9-17-13(19)8-15(14(17)20)5-2-1-3-6-15/h11H,1-10H2,(H,16,18). The van der Waals surface area contributed by atoms with Crippen LogP contribution in [0.4, 0.5) is 0 Å². The highest BCUT2D eigenvalue weighted by atomic mass is 32.2. The average molecular weight is 342 g/mol. The summed E-state index contributed by atoms with van der Waals surface area (Å²) in [4.78, 5) is 37.9. The fourth-order valence-corrected chi connectivity index (χ4v) is 5.64. The molecule has 1 aliphatic carbocycles. The van der Waals surface area contributed by atoms with Crippen LogP contribution in [-0.4, -0.2) is 55.1 Å². The Bertz CT molecular complexity index is 636. The fourth-order valence-electron chi connectivity index (χ4n) is 3.97. The molecule has 3 rings (SSSR count). The molecule has 0 aromatic carbocycles. The normalized spacial score (nSPS) is 29.2.